The summed E-state index contributed by atoms with van der Waals surface area (Å²) in [7, 11) is 0. The molecular weight excluding hydrogens is 364 g/mol. The lowest BCUT2D eigenvalue weighted by Crippen LogP contribution is -2.26. The van der Waals surface area contributed by atoms with Crippen LogP contribution in [-0.4, -0.2) is 41.3 Å². The highest BCUT2D eigenvalue weighted by molar-refractivity contribution is 7.15. The minimum Gasteiger partial charge on any atom is -0.368 e. The number of carbonyl (C=O) groups excluding carboxylic acids is 2. The van der Waals surface area contributed by atoms with Gasteiger partial charge in [0.1, 0.15) is 11.1 Å². The molecule has 2 aliphatic rings. The van der Waals surface area contributed by atoms with Crippen LogP contribution in [-0.2, 0) is 20.7 Å². The summed E-state index contributed by atoms with van der Waals surface area (Å²) in [5.74, 6) is -0.0782. The minimum absolute atomic E-state index is 0.00621. The first-order valence-corrected chi connectivity index (χ1v) is 10.1. The van der Waals surface area contributed by atoms with E-state index < -0.39 is 6.10 Å². The van der Waals surface area contributed by atoms with E-state index in [1.54, 1.807) is 0 Å². The van der Waals surface area contributed by atoms with Crippen LogP contribution < -0.4 is 10.2 Å². The third-order valence-electron chi connectivity index (χ3n) is 5.03. The normalized spacial score (nSPS) is 22.4. The van der Waals surface area contributed by atoms with Crippen molar-refractivity contribution in [2.75, 3.05) is 23.4 Å². The van der Waals surface area contributed by atoms with Gasteiger partial charge in [-0.25, -0.2) is 0 Å². The molecule has 0 radical (unpaired) electrons. The van der Waals surface area contributed by atoms with Crippen LogP contribution >= 0.6 is 11.3 Å². The van der Waals surface area contributed by atoms with Crippen molar-refractivity contribution in [1.82, 2.24) is 10.2 Å². The highest BCUT2D eigenvalue weighted by Gasteiger charge is 2.35. The van der Waals surface area contributed by atoms with E-state index in [4.69, 9.17) is 4.74 Å². The fourth-order valence-electron chi connectivity index (χ4n) is 3.60. The maximum absolute atomic E-state index is 12.6. The first kappa shape index (κ1) is 18.1. The summed E-state index contributed by atoms with van der Waals surface area (Å²) >= 11 is 1.34. The predicted molar refractivity (Wildman–Crippen MR) is 103 cm³/mol. The van der Waals surface area contributed by atoms with Crippen molar-refractivity contribution in [1.29, 1.82) is 0 Å². The Balaban J connectivity index is 1.45. The number of nitrogens with zero attached hydrogens (tertiary/aromatic N) is 3. The number of hydrogen-bond donors (Lipinski definition) is 1. The van der Waals surface area contributed by atoms with Gasteiger partial charge in [-0.1, -0.05) is 36.5 Å². The quantitative estimate of drug-likeness (QED) is 0.854. The van der Waals surface area contributed by atoms with Gasteiger partial charge in [-0.15, -0.1) is 10.2 Å². The number of ether oxygens (including phenoxy) is 1. The largest absolute Gasteiger partial charge is 0.368 e. The summed E-state index contributed by atoms with van der Waals surface area (Å²) in [6, 6.07) is 8.00. The summed E-state index contributed by atoms with van der Waals surface area (Å²) in [4.78, 5) is 26.6. The zero-order chi connectivity index (χ0) is 18.8. The molecule has 2 atom stereocenters. The zero-order valence-electron chi connectivity index (χ0n) is 15.2. The molecule has 2 fully saturated rings. The average molecular weight is 386 g/mol. The number of amides is 2. The smallest absolute Gasteiger partial charge is 0.255 e. The van der Waals surface area contributed by atoms with Crippen LogP contribution in [0, 0.1) is 0 Å². The molecule has 2 amide bonds. The molecular formula is C19H22N4O3S. The summed E-state index contributed by atoms with van der Waals surface area (Å²) in [6.45, 7) is 3.30. The molecule has 2 saturated heterocycles. The van der Waals surface area contributed by atoms with Crippen molar-refractivity contribution in [2.24, 2.45) is 0 Å². The molecule has 2 aliphatic heterocycles. The standard InChI is InChI=1S/C19H22N4O3S/c1-2-12-6-3-4-7-14(12)23-11-13(10-16(23)24)18-21-22-19(27-18)20-17(25)15-8-5-9-26-15/h3-4,6-7,13,15H,2,5,8-11H2,1H3,(H,20,22,25). The molecule has 8 heteroatoms. The van der Waals surface area contributed by atoms with Crippen LogP contribution in [0.4, 0.5) is 10.8 Å². The number of rotatable bonds is 5. The van der Waals surface area contributed by atoms with Gasteiger partial charge in [-0.3, -0.25) is 14.9 Å². The lowest BCUT2D eigenvalue weighted by molar-refractivity contribution is -0.124. The fraction of sp³-hybridized carbons (Fsp3) is 0.474. The monoisotopic (exact) mass is 386 g/mol. The Morgan fingerprint density at radius 2 is 2.22 bits per heavy atom. The van der Waals surface area contributed by atoms with Crippen LogP contribution in [0.2, 0.25) is 0 Å². The van der Waals surface area contributed by atoms with Crippen molar-refractivity contribution < 1.29 is 14.3 Å². The third-order valence-corrected chi connectivity index (χ3v) is 6.03. The van der Waals surface area contributed by atoms with Crippen LogP contribution in [0.25, 0.3) is 0 Å². The number of anilines is 2. The van der Waals surface area contributed by atoms with Crippen LogP contribution in [0.15, 0.2) is 24.3 Å². The maximum Gasteiger partial charge on any atom is 0.255 e. The zero-order valence-corrected chi connectivity index (χ0v) is 16.0. The second kappa shape index (κ2) is 7.74. The van der Waals surface area contributed by atoms with E-state index in [-0.39, 0.29) is 17.7 Å². The molecule has 2 unspecified atom stereocenters. The van der Waals surface area contributed by atoms with Gasteiger partial charge in [0.15, 0.2) is 0 Å². The molecule has 2 aromatic rings. The second-order valence-corrected chi connectivity index (χ2v) is 7.83. The molecule has 0 bridgehead atoms. The Labute approximate surface area is 161 Å². The number of benzene rings is 1. The van der Waals surface area contributed by atoms with Gasteiger partial charge in [0.2, 0.25) is 11.0 Å². The van der Waals surface area contributed by atoms with Crippen molar-refractivity contribution in [3.05, 3.63) is 34.8 Å². The molecule has 0 saturated carbocycles. The van der Waals surface area contributed by atoms with Crippen molar-refractivity contribution in [3.63, 3.8) is 0 Å². The Hall–Kier alpha value is -2.32. The lowest BCUT2D eigenvalue weighted by atomic mass is 10.1. The van der Waals surface area contributed by atoms with Crippen LogP contribution in [0.1, 0.15) is 42.7 Å². The van der Waals surface area contributed by atoms with E-state index >= 15 is 0 Å². The molecule has 1 N–H and O–H groups in total. The van der Waals surface area contributed by atoms with E-state index in [0.29, 0.717) is 24.7 Å². The Morgan fingerprint density at radius 3 is 3.00 bits per heavy atom. The van der Waals surface area contributed by atoms with Crippen molar-refractivity contribution >= 4 is 34.0 Å². The molecule has 27 heavy (non-hydrogen) atoms. The highest BCUT2D eigenvalue weighted by atomic mass is 32.1. The Morgan fingerprint density at radius 1 is 1.37 bits per heavy atom. The molecule has 1 aromatic heterocycles. The SMILES string of the molecule is CCc1ccccc1N1CC(c2nnc(NC(=O)C3CCCO3)s2)CC1=O. The molecule has 1 aromatic carbocycles. The van der Waals surface area contributed by atoms with Crippen LogP contribution in [0.5, 0.6) is 0 Å². The van der Waals surface area contributed by atoms with Gasteiger partial charge < -0.3 is 9.64 Å². The minimum atomic E-state index is -0.397. The predicted octanol–water partition coefficient (Wildman–Crippen LogP) is 2.74. The molecule has 142 valence electrons. The van der Waals surface area contributed by atoms with E-state index in [0.717, 1.165) is 35.5 Å². The summed E-state index contributed by atoms with van der Waals surface area (Å²) < 4.78 is 5.39. The lowest BCUT2D eigenvalue weighted by Gasteiger charge is -2.19. The molecule has 0 spiro atoms. The number of aryl methyl sites for hydroxylation is 1. The van der Waals surface area contributed by atoms with E-state index in [1.165, 1.54) is 11.3 Å². The van der Waals surface area contributed by atoms with E-state index in [2.05, 4.69) is 28.5 Å². The number of hydrogen-bond acceptors (Lipinski definition) is 6. The van der Waals surface area contributed by atoms with Crippen LogP contribution in [0.3, 0.4) is 0 Å². The summed E-state index contributed by atoms with van der Waals surface area (Å²) in [5, 5.41) is 12.3. The maximum atomic E-state index is 12.6. The highest BCUT2D eigenvalue weighted by Crippen LogP contribution is 2.35. The molecule has 3 heterocycles. The molecule has 0 aliphatic carbocycles. The fourth-order valence-corrected chi connectivity index (χ4v) is 4.44. The van der Waals surface area contributed by atoms with Gasteiger partial charge in [0, 0.05) is 31.2 Å². The Bertz CT molecular complexity index is 847. The van der Waals surface area contributed by atoms with E-state index in [9.17, 15) is 9.59 Å². The number of aromatic nitrogens is 2. The van der Waals surface area contributed by atoms with Gasteiger partial charge >= 0.3 is 0 Å². The summed E-state index contributed by atoms with van der Waals surface area (Å²) in [5.41, 5.74) is 2.14. The number of carbonyl (C=O) groups is 2. The number of para-hydroxylation sites is 1. The topological polar surface area (TPSA) is 84.4 Å². The first-order valence-electron chi connectivity index (χ1n) is 9.30. The molecule has 4 rings (SSSR count). The van der Waals surface area contributed by atoms with Gasteiger partial charge in [0.05, 0.1) is 0 Å². The Kier molecular flexibility index (Phi) is 5.18. The van der Waals surface area contributed by atoms with E-state index in [1.807, 2.05) is 23.1 Å². The second-order valence-electron chi connectivity index (χ2n) is 6.82. The summed E-state index contributed by atoms with van der Waals surface area (Å²) in [6.07, 6.45) is 2.53. The van der Waals surface area contributed by atoms with Crippen molar-refractivity contribution in [2.45, 2.75) is 44.6 Å². The average Bonchev–Trinajstić information content (AvgIpc) is 3.42. The van der Waals surface area contributed by atoms with Gasteiger partial charge in [-0.05, 0) is 30.9 Å². The van der Waals surface area contributed by atoms with Gasteiger partial charge in [0.25, 0.3) is 5.91 Å². The van der Waals surface area contributed by atoms with Crippen molar-refractivity contribution in [3.8, 4) is 0 Å². The molecule has 7 nitrogen and oxygen atoms in total. The number of nitrogens with one attached hydrogen (secondary N) is 1. The first-order chi connectivity index (χ1) is 13.2. The third kappa shape index (κ3) is 3.72. The van der Waals surface area contributed by atoms with Gasteiger partial charge in [-0.2, -0.15) is 0 Å².